The molecule has 23 heavy (non-hydrogen) atoms. The standard InChI is InChI=1S/C11H14N6O5S/c12-23(21,22)9-4-3-7(6-8(9)17(19)20)13-5-1-2-10-14-11(18)16-15-10/h3-4,6,13H,1-2,5H2,(H2,12,21,22)(H2,14,15,16,18). The van der Waals surface area contributed by atoms with Gasteiger partial charge in [-0.05, 0) is 18.6 Å². The third kappa shape index (κ3) is 4.37. The minimum absolute atomic E-state index is 0.387. The van der Waals surface area contributed by atoms with Crippen LogP contribution >= 0.6 is 0 Å². The van der Waals surface area contributed by atoms with Crippen molar-refractivity contribution >= 4 is 21.4 Å². The molecule has 1 heterocycles. The monoisotopic (exact) mass is 342 g/mol. The summed E-state index contributed by atoms with van der Waals surface area (Å²) in [5.41, 5.74) is -0.587. The van der Waals surface area contributed by atoms with E-state index in [1.54, 1.807) is 0 Å². The lowest BCUT2D eigenvalue weighted by atomic mass is 10.2. The number of nitrogens with one attached hydrogen (secondary N) is 3. The summed E-state index contributed by atoms with van der Waals surface area (Å²) in [6.07, 6.45) is 1.11. The normalized spacial score (nSPS) is 11.3. The molecule has 1 aromatic heterocycles. The molecule has 0 unspecified atom stereocenters. The molecule has 0 aliphatic rings. The highest BCUT2D eigenvalue weighted by molar-refractivity contribution is 7.89. The fourth-order valence-electron chi connectivity index (χ4n) is 1.92. The Morgan fingerprint density at radius 1 is 1.39 bits per heavy atom. The topological polar surface area (TPSA) is 177 Å². The molecular weight excluding hydrogens is 328 g/mol. The predicted molar refractivity (Wildman–Crippen MR) is 80.5 cm³/mol. The van der Waals surface area contributed by atoms with Gasteiger partial charge in [0.2, 0.25) is 10.0 Å². The van der Waals surface area contributed by atoms with E-state index in [2.05, 4.69) is 20.5 Å². The first-order chi connectivity index (χ1) is 10.8. The Kier molecular flexibility index (Phi) is 4.76. The van der Waals surface area contributed by atoms with Crippen LogP contribution in [0.5, 0.6) is 0 Å². The number of H-pyrrole nitrogens is 2. The molecule has 124 valence electrons. The molecule has 0 spiro atoms. The Bertz CT molecular complexity index is 871. The Hall–Kier alpha value is -2.73. The van der Waals surface area contributed by atoms with Gasteiger partial charge in [0.05, 0.1) is 4.92 Å². The summed E-state index contributed by atoms with van der Waals surface area (Å²) in [6.45, 7) is 0.445. The number of hydrogen-bond acceptors (Lipinski definition) is 7. The number of nitro benzene ring substituents is 1. The molecule has 0 bridgehead atoms. The van der Waals surface area contributed by atoms with Crippen molar-refractivity contribution in [2.45, 2.75) is 17.7 Å². The summed E-state index contributed by atoms with van der Waals surface area (Å²) >= 11 is 0. The number of aromatic nitrogens is 3. The predicted octanol–water partition coefficient (Wildman–Crippen LogP) is -0.302. The van der Waals surface area contributed by atoms with Crippen molar-refractivity contribution in [3.8, 4) is 0 Å². The fourth-order valence-corrected chi connectivity index (χ4v) is 2.61. The molecular formula is C11H14N6O5S. The summed E-state index contributed by atoms with van der Waals surface area (Å²) in [6, 6.07) is 3.58. The van der Waals surface area contributed by atoms with Crippen LogP contribution < -0.4 is 16.1 Å². The average Bonchev–Trinajstić information content (AvgIpc) is 2.88. The van der Waals surface area contributed by atoms with Gasteiger partial charge in [0.1, 0.15) is 5.82 Å². The van der Waals surface area contributed by atoms with Crippen LogP contribution in [0.4, 0.5) is 11.4 Å². The molecule has 0 radical (unpaired) electrons. The van der Waals surface area contributed by atoms with Gasteiger partial charge < -0.3 is 5.32 Å². The number of nitrogens with zero attached hydrogens (tertiary/aromatic N) is 2. The van der Waals surface area contributed by atoms with Crippen molar-refractivity contribution in [3.63, 3.8) is 0 Å². The molecule has 0 amide bonds. The number of rotatable bonds is 7. The van der Waals surface area contributed by atoms with Gasteiger partial charge in [0.25, 0.3) is 5.69 Å². The molecule has 1 aromatic carbocycles. The Morgan fingerprint density at radius 2 is 2.13 bits per heavy atom. The summed E-state index contributed by atoms with van der Waals surface area (Å²) in [5.74, 6) is 0.507. The lowest BCUT2D eigenvalue weighted by Gasteiger charge is -2.07. The molecule has 12 heteroatoms. The van der Waals surface area contributed by atoms with E-state index in [-0.39, 0.29) is 5.69 Å². The van der Waals surface area contributed by atoms with E-state index in [0.29, 0.717) is 30.9 Å². The van der Waals surface area contributed by atoms with E-state index in [1.807, 2.05) is 0 Å². The zero-order valence-electron chi connectivity index (χ0n) is 11.8. The first-order valence-electron chi connectivity index (χ1n) is 6.46. The SMILES string of the molecule is NS(=O)(=O)c1ccc(NCCCc2n[nH]c(=O)[nH]2)cc1[N+](=O)[O-]. The van der Waals surface area contributed by atoms with Crippen molar-refractivity contribution in [1.29, 1.82) is 0 Å². The van der Waals surface area contributed by atoms with E-state index in [0.717, 1.165) is 12.1 Å². The molecule has 0 aliphatic heterocycles. The third-order valence-electron chi connectivity index (χ3n) is 2.93. The van der Waals surface area contributed by atoms with Crippen LogP contribution in [0.1, 0.15) is 12.2 Å². The number of aryl methyl sites for hydroxylation is 1. The van der Waals surface area contributed by atoms with E-state index >= 15 is 0 Å². The fraction of sp³-hybridized carbons (Fsp3) is 0.273. The molecule has 11 nitrogen and oxygen atoms in total. The van der Waals surface area contributed by atoms with Crippen molar-refractivity contribution in [2.75, 3.05) is 11.9 Å². The van der Waals surface area contributed by atoms with Gasteiger partial charge in [0.15, 0.2) is 4.90 Å². The number of nitro groups is 1. The van der Waals surface area contributed by atoms with Gasteiger partial charge >= 0.3 is 5.69 Å². The highest BCUT2D eigenvalue weighted by Gasteiger charge is 2.22. The molecule has 0 aliphatic carbocycles. The van der Waals surface area contributed by atoms with Crippen LogP contribution in [0.3, 0.4) is 0 Å². The second-order valence-electron chi connectivity index (χ2n) is 4.64. The van der Waals surface area contributed by atoms with Gasteiger partial charge in [-0.3, -0.25) is 15.1 Å². The summed E-state index contributed by atoms with van der Waals surface area (Å²) in [5, 5.41) is 24.8. The number of primary sulfonamides is 1. The van der Waals surface area contributed by atoms with Gasteiger partial charge in [-0.1, -0.05) is 0 Å². The minimum Gasteiger partial charge on any atom is -0.385 e. The average molecular weight is 342 g/mol. The maximum Gasteiger partial charge on any atom is 0.340 e. The molecule has 0 saturated heterocycles. The van der Waals surface area contributed by atoms with Crippen molar-refractivity contribution in [1.82, 2.24) is 15.2 Å². The lowest BCUT2D eigenvalue weighted by molar-refractivity contribution is -0.387. The second-order valence-corrected chi connectivity index (χ2v) is 6.17. The van der Waals surface area contributed by atoms with Crippen molar-refractivity contribution in [2.24, 2.45) is 5.14 Å². The Balaban J connectivity index is 2.02. The van der Waals surface area contributed by atoms with Gasteiger partial charge in [-0.2, -0.15) is 5.10 Å². The van der Waals surface area contributed by atoms with Crippen LogP contribution in [0, 0.1) is 10.1 Å². The van der Waals surface area contributed by atoms with E-state index in [4.69, 9.17) is 5.14 Å². The Labute approximate surface area is 130 Å². The number of benzene rings is 1. The number of sulfonamides is 1. The molecule has 2 rings (SSSR count). The van der Waals surface area contributed by atoms with E-state index in [9.17, 15) is 23.3 Å². The summed E-state index contributed by atoms with van der Waals surface area (Å²) < 4.78 is 22.6. The van der Waals surface area contributed by atoms with Crippen LogP contribution in [-0.2, 0) is 16.4 Å². The molecule has 5 N–H and O–H groups in total. The Morgan fingerprint density at radius 3 is 2.70 bits per heavy atom. The van der Waals surface area contributed by atoms with E-state index in [1.165, 1.54) is 6.07 Å². The van der Waals surface area contributed by atoms with Gasteiger partial charge in [-0.25, -0.2) is 23.4 Å². The van der Waals surface area contributed by atoms with Crippen LogP contribution in [-0.4, -0.2) is 35.1 Å². The smallest absolute Gasteiger partial charge is 0.340 e. The molecule has 0 atom stereocenters. The number of aromatic amines is 2. The van der Waals surface area contributed by atoms with E-state index < -0.39 is 25.5 Å². The van der Waals surface area contributed by atoms with Crippen molar-refractivity contribution in [3.05, 3.63) is 44.6 Å². The third-order valence-corrected chi connectivity index (χ3v) is 3.89. The van der Waals surface area contributed by atoms with Gasteiger partial charge in [0, 0.05) is 24.7 Å². The highest BCUT2D eigenvalue weighted by Crippen LogP contribution is 2.26. The van der Waals surface area contributed by atoms with Crippen LogP contribution in [0.25, 0.3) is 0 Å². The van der Waals surface area contributed by atoms with Crippen molar-refractivity contribution < 1.29 is 13.3 Å². The largest absolute Gasteiger partial charge is 0.385 e. The lowest BCUT2D eigenvalue weighted by Crippen LogP contribution is -2.14. The quantitative estimate of drug-likeness (QED) is 0.303. The molecule has 2 aromatic rings. The maximum atomic E-state index is 11.3. The van der Waals surface area contributed by atoms with Crippen LogP contribution in [0.2, 0.25) is 0 Å². The van der Waals surface area contributed by atoms with Crippen LogP contribution in [0.15, 0.2) is 27.9 Å². The first-order valence-corrected chi connectivity index (χ1v) is 8.00. The summed E-state index contributed by atoms with van der Waals surface area (Å²) in [4.78, 5) is 23.0. The maximum absolute atomic E-state index is 11.3. The molecule has 0 fully saturated rings. The zero-order valence-corrected chi connectivity index (χ0v) is 12.6. The minimum atomic E-state index is -4.17. The highest BCUT2D eigenvalue weighted by atomic mass is 32.2. The number of hydrogen-bond donors (Lipinski definition) is 4. The first kappa shape index (κ1) is 16.6. The number of anilines is 1. The molecule has 0 saturated carbocycles. The number of nitrogens with two attached hydrogens (primary N) is 1. The zero-order chi connectivity index (χ0) is 17.0. The summed E-state index contributed by atoms with van der Waals surface area (Å²) in [7, 11) is -4.17. The van der Waals surface area contributed by atoms with Gasteiger partial charge in [-0.15, -0.1) is 0 Å². The second kappa shape index (κ2) is 6.58.